The predicted octanol–water partition coefficient (Wildman–Crippen LogP) is 1.24. The second-order valence-corrected chi connectivity index (χ2v) is 8.47. The van der Waals surface area contributed by atoms with Crippen molar-refractivity contribution < 1.29 is 42.8 Å². The summed E-state index contributed by atoms with van der Waals surface area (Å²) in [5.41, 5.74) is 1.04. The second kappa shape index (κ2) is 9.95. The van der Waals surface area contributed by atoms with Gasteiger partial charge in [0.1, 0.15) is 0 Å². The molecule has 1 N–H and O–H groups in total. The first-order valence-corrected chi connectivity index (χ1v) is 10.1. The smallest absolute Gasteiger partial charge is 0.446 e. The summed E-state index contributed by atoms with van der Waals surface area (Å²) < 4.78 is 27.8. The van der Waals surface area contributed by atoms with E-state index in [1.54, 1.807) is 12.1 Å². The Labute approximate surface area is 173 Å². The number of benzene rings is 1. The second-order valence-electron chi connectivity index (χ2n) is 6.87. The monoisotopic (exact) mass is 374 g/mol. The maximum atomic E-state index is 12.2. The number of hydrogen-bond donors (Lipinski definition) is 1. The van der Waals surface area contributed by atoms with Crippen LogP contribution in [0.25, 0.3) is 4.72 Å². The molecule has 0 aliphatic heterocycles. The van der Waals surface area contributed by atoms with Crippen LogP contribution in [0, 0.1) is 11.8 Å². The van der Waals surface area contributed by atoms with E-state index < -0.39 is 16.1 Å². The Bertz CT molecular complexity index is 651. The van der Waals surface area contributed by atoms with Gasteiger partial charge in [-0.25, -0.2) is 8.42 Å². The van der Waals surface area contributed by atoms with Crippen LogP contribution in [0.3, 0.4) is 0 Å². The normalized spacial score (nSPS) is 20.6. The van der Waals surface area contributed by atoms with Crippen molar-refractivity contribution in [3.05, 3.63) is 34.6 Å². The standard InChI is InChI=1S/C18H28N2O3S.Na/c1-4-14-5-11-17(12-6-14)24(22,23)20-18(21)19-16-9-7-15(8-10-16)13(2)3;/h5-6,11-13,15-16H,4,7-10H2,1-3H3,(H2,19,20,21);/q;+1/p-1. The zero-order chi connectivity index (χ0) is 17.7. The number of amides is 2. The van der Waals surface area contributed by atoms with Crippen LogP contribution in [0.15, 0.2) is 29.2 Å². The quantitative estimate of drug-likeness (QED) is 0.788. The van der Waals surface area contributed by atoms with Crippen molar-refractivity contribution in [1.29, 1.82) is 0 Å². The van der Waals surface area contributed by atoms with Gasteiger partial charge in [0.05, 0.1) is 4.90 Å². The maximum absolute atomic E-state index is 12.2. The number of hydrogen-bond acceptors (Lipinski definition) is 3. The fraction of sp³-hybridized carbons (Fsp3) is 0.611. The molecule has 0 spiro atoms. The van der Waals surface area contributed by atoms with E-state index in [-0.39, 0.29) is 40.5 Å². The van der Waals surface area contributed by atoms with E-state index in [1.165, 1.54) is 12.1 Å². The number of aryl methyl sites for hydroxylation is 1. The van der Waals surface area contributed by atoms with Crippen LogP contribution in [-0.2, 0) is 16.4 Å². The summed E-state index contributed by atoms with van der Waals surface area (Å²) in [6, 6.07) is 5.75. The van der Waals surface area contributed by atoms with Crippen LogP contribution in [0.1, 0.15) is 52.0 Å². The first kappa shape index (κ1) is 22.5. The summed E-state index contributed by atoms with van der Waals surface area (Å²) >= 11 is 0. The average molecular weight is 374 g/mol. The van der Waals surface area contributed by atoms with E-state index in [0.717, 1.165) is 37.7 Å². The van der Waals surface area contributed by atoms with E-state index in [9.17, 15) is 13.2 Å². The van der Waals surface area contributed by atoms with Crippen molar-refractivity contribution in [2.75, 3.05) is 0 Å². The summed E-state index contributed by atoms with van der Waals surface area (Å²) in [6.45, 7) is 6.43. The third-order valence-corrected chi connectivity index (χ3v) is 6.15. The van der Waals surface area contributed by atoms with E-state index in [2.05, 4.69) is 23.9 Å². The molecule has 1 aliphatic carbocycles. The van der Waals surface area contributed by atoms with Crippen LogP contribution < -0.4 is 34.9 Å². The summed E-state index contributed by atoms with van der Waals surface area (Å²) in [6.07, 6.45) is 4.73. The third-order valence-electron chi connectivity index (χ3n) is 4.87. The predicted molar refractivity (Wildman–Crippen MR) is 95.5 cm³/mol. The van der Waals surface area contributed by atoms with Gasteiger partial charge in [-0.15, -0.1) is 0 Å². The first-order valence-electron chi connectivity index (χ1n) is 8.69. The molecule has 0 bridgehead atoms. The van der Waals surface area contributed by atoms with Crippen molar-refractivity contribution in [1.82, 2.24) is 5.32 Å². The van der Waals surface area contributed by atoms with Crippen LogP contribution in [-0.4, -0.2) is 20.5 Å². The van der Waals surface area contributed by atoms with Crippen molar-refractivity contribution in [3.8, 4) is 0 Å². The van der Waals surface area contributed by atoms with Crippen LogP contribution >= 0.6 is 0 Å². The molecule has 1 aromatic rings. The van der Waals surface area contributed by atoms with Crippen LogP contribution in [0.5, 0.6) is 0 Å². The van der Waals surface area contributed by atoms with Gasteiger partial charge < -0.3 is 10.0 Å². The molecule has 0 atom stereocenters. The molecular weight excluding hydrogens is 347 g/mol. The Balaban J connectivity index is 0.00000312. The summed E-state index contributed by atoms with van der Waals surface area (Å²) in [5.74, 6) is 1.34. The number of sulfonamides is 1. The Morgan fingerprint density at radius 3 is 2.20 bits per heavy atom. The van der Waals surface area contributed by atoms with Gasteiger partial charge in [0.15, 0.2) is 6.03 Å². The molecule has 7 heteroatoms. The van der Waals surface area contributed by atoms with Crippen molar-refractivity contribution in [2.24, 2.45) is 11.8 Å². The fourth-order valence-electron chi connectivity index (χ4n) is 3.19. The van der Waals surface area contributed by atoms with Gasteiger partial charge in [0.2, 0.25) is 10.0 Å². The number of rotatable bonds is 5. The molecule has 1 saturated carbocycles. The van der Waals surface area contributed by atoms with Crippen molar-refractivity contribution in [2.45, 2.75) is 63.8 Å². The molecule has 0 radical (unpaired) electrons. The first-order chi connectivity index (χ1) is 11.3. The third kappa shape index (κ3) is 6.59. The topological polar surface area (TPSA) is 77.3 Å². The molecule has 5 nitrogen and oxygen atoms in total. The Hall–Kier alpha value is -0.560. The fourth-order valence-corrected chi connectivity index (χ4v) is 4.05. The number of carbonyl (C=O) groups excluding carboxylic acids is 1. The molecule has 2 rings (SSSR count). The Kier molecular flexibility index (Phi) is 8.95. The number of carbonyl (C=O) groups is 1. The molecule has 0 unspecified atom stereocenters. The summed E-state index contributed by atoms with van der Waals surface area (Å²) in [7, 11) is -3.95. The minimum atomic E-state index is -3.95. The molecule has 2 amide bonds. The van der Waals surface area contributed by atoms with Gasteiger partial charge in [0.25, 0.3) is 0 Å². The Morgan fingerprint density at radius 1 is 1.16 bits per heavy atom. The maximum Gasteiger partial charge on any atom is 1.00 e. The van der Waals surface area contributed by atoms with Gasteiger partial charge in [-0.05, 0) is 42.0 Å². The molecule has 0 aromatic heterocycles. The molecular formula is C18H27N2NaO3S. The van der Waals surface area contributed by atoms with Crippen molar-refractivity contribution in [3.63, 3.8) is 0 Å². The molecule has 25 heavy (non-hydrogen) atoms. The van der Waals surface area contributed by atoms with Gasteiger partial charge >= 0.3 is 29.6 Å². The molecule has 1 aliphatic rings. The Morgan fingerprint density at radius 2 is 1.72 bits per heavy atom. The van der Waals surface area contributed by atoms with E-state index in [4.69, 9.17) is 0 Å². The zero-order valence-corrected chi connectivity index (χ0v) is 18.5. The van der Waals surface area contributed by atoms with E-state index >= 15 is 0 Å². The van der Waals surface area contributed by atoms with E-state index in [0.29, 0.717) is 11.8 Å². The largest absolute Gasteiger partial charge is 1.00 e. The van der Waals surface area contributed by atoms with Crippen LogP contribution in [0.2, 0.25) is 0 Å². The molecule has 134 valence electrons. The minimum absolute atomic E-state index is 0. The molecule has 1 aromatic carbocycles. The van der Waals surface area contributed by atoms with E-state index in [1.807, 2.05) is 6.92 Å². The molecule has 0 heterocycles. The van der Waals surface area contributed by atoms with Crippen LogP contribution in [0.4, 0.5) is 4.79 Å². The minimum Gasteiger partial charge on any atom is -0.446 e. The van der Waals surface area contributed by atoms with Gasteiger partial charge in [-0.2, -0.15) is 0 Å². The number of nitrogens with zero attached hydrogens (tertiary/aromatic N) is 1. The average Bonchev–Trinajstić information content (AvgIpc) is 2.54. The summed E-state index contributed by atoms with van der Waals surface area (Å²) in [5, 5.41) is 2.74. The van der Waals surface area contributed by atoms with Crippen molar-refractivity contribution >= 4 is 16.1 Å². The molecule has 1 fully saturated rings. The van der Waals surface area contributed by atoms with Gasteiger partial charge in [-0.3, -0.25) is 4.79 Å². The van der Waals surface area contributed by atoms with Gasteiger partial charge in [-0.1, -0.05) is 58.6 Å². The number of nitrogens with one attached hydrogen (secondary N) is 1. The number of urea groups is 1. The molecule has 0 saturated heterocycles. The van der Waals surface area contributed by atoms with Gasteiger partial charge in [0, 0.05) is 0 Å². The zero-order valence-electron chi connectivity index (χ0n) is 15.7. The SMILES string of the molecule is CCc1ccc(S(=O)(=O)[N-]C(=O)NC2CCC(C(C)C)CC2)cc1.[Na+]. The summed E-state index contributed by atoms with van der Waals surface area (Å²) in [4.78, 5) is 12.0.